The van der Waals surface area contributed by atoms with E-state index in [4.69, 9.17) is 9.15 Å². The first-order valence-corrected chi connectivity index (χ1v) is 9.10. The summed E-state index contributed by atoms with van der Waals surface area (Å²) in [4.78, 5) is 22.6. The predicted octanol–water partition coefficient (Wildman–Crippen LogP) is 4.14. The van der Waals surface area contributed by atoms with Crippen molar-refractivity contribution in [2.45, 2.75) is 25.9 Å². The number of nitro groups is 1. The van der Waals surface area contributed by atoms with Crippen molar-refractivity contribution >= 4 is 17.3 Å². The Balaban J connectivity index is 1.45. The van der Waals surface area contributed by atoms with E-state index < -0.39 is 17.0 Å². The van der Waals surface area contributed by atoms with Crippen molar-refractivity contribution in [1.82, 2.24) is 10.2 Å². The van der Waals surface area contributed by atoms with E-state index in [0.29, 0.717) is 24.5 Å². The van der Waals surface area contributed by atoms with E-state index in [1.807, 2.05) is 30.3 Å². The summed E-state index contributed by atoms with van der Waals surface area (Å²) in [6.07, 6.45) is -0.0652. The van der Waals surface area contributed by atoms with Gasteiger partial charge < -0.3 is 14.5 Å². The number of nitrogens with one attached hydrogen (secondary N) is 1. The molecule has 0 aliphatic rings. The lowest BCUT2D eigenvalue weighted by atomic mass is 10.2. The van der Waals surface area contributed by atoms with E-state index in [2.05, 4.69) is 15.5 Å². The summed E-state index contributed by atoms with van der Waals surface area (Å²) in [7, 11) is 0. The van der Waals surface area contributed by atoms with Crippen LogP contribution >= 0.6 is 0 Å². The molecule has 0 amide bonds. The van der Waals surface area contributed by atoms with Crippen molar-refractivity contribution in [2.24, 2.45) is 0 Å². The van der Waals surface area contributed by atoms with Crippen LogP contribution in [-0.4, -0.2) is 27.6 Å². The lowest BCUT2D eigenvalue weighted by molar-refractivity contribution is -0.384. The molecule has 0 aliphatic heterocycles. The number of rotatable bonds is 9. The molecule has 3 rings (SSSR count). The molecule has 0 aliphatic carbocycles. The van der Waals surface area contributed by atoms with Crippen LogP contribution in [0.4, 0.5) is 11.4 Å². The molecule has 1 heterocycles. The topological polar surface area (TPSA) is 120 Å². The Hall–Kier alpha value is -3.75. The predicted molar refractivity (Wildman–Crippen MR) is 105 cm³/mol. The molecular weight excluding hydrogens is 376 g/mol. The molecule has 1 unspecified atom stereocenters. The second-order valence-corrected chi connectivity index (χ2v) is 6.25. The van der Waals surface area contributed by atoms with E-state index >= 15 is 0 Å². The number of nitrogens with zero attached hydrogens (tertiary/aromatic N) is 3. The highest BCUT2D eigenvalue weighted by Gasteiger charge is 2.19. The molecule has 1 aromatic heterocycles. The summed E-state index contributed by atoms with van der Waals surface area (Å²) in [6, 6.07) is 15.7. The number of esters is 1. The smallest absolute Gasteiger partial charge is 0.306 e. The van der Waals surface area contributed by atoms with Gasteiger partial charge in [0.05, 0.1) is 4.92 Å². The summed E-state index contributed by atoms with van der Waals surface area (Å²) >= 11 is 0. The van der Waals surface area contributed by atoms with Crippen molar-refractivity contribution < 1.29 is 18.9 Å². The zero-order chi connectivity index (χ0) is 20.6. The summed E-state index contributed by atoms with van der Waals surface area (Å²) in [5.74, 6) is 0.161. The minimum atomic E-state index is -0.671. The van der Waals surface area contributed by atoms with Crippen LogP contribution in [0, 0.1) is 10.1 Å². The zero-order valence-electron chi connectivity index (χ0n) is 15.8. The molecular formula is C20H20N4O5. The maximum Gasteiger partial charge on any atom is 0.306 e. The lowest BCUT2D eigenvalue weighted by Crippen LogP contribution is -2.11. The van der Waals surface area contributed by atoms with Gasteiger partial charge in [-0.3, -0.25) is 14.9 Å². The van der Waals surface area contributed by atoms with Crippen molar-refractivity contribution in [2.75, 3.05) is 11.9 Å². The van der Waals surface area contributed by atoms with E-state index in [1.54, 1.807) is 25.1 Å². The van der Waals surface area contributed by atoms with Crippen LogP contribution in [-0.2, 0) is 9.53 Å². The average Bonchev–Trinajstić information content (AvgIpc) is 3.22. The Morgan fingerprint density at radius 2 is 1.90 bits per heavy atom. The number of carbonyl (C=O) groups is 1. The largest absolute Gasteiger partial charge is 0.453 e. The minimum Gasteiger partial charge on any atom is -0.453 e. The summed E-state index contributed by atoms with van der Waals surface area (Å²) in [5.41, 5.74) is 1.19. The van der Waals surface area contributed by atoms with Gasteiger partial charge in [-0.25, -0.2) is 0 Å². The number of hydrogen-bond acceptors (Lipinski definition) is 8. The van der Waals surface area contributed by atoms with Crippen molar-refractivity contribution in [1.29, 1.82) is 0 Å². The quantitative estimate of drug-likeness (QED) is 0.248. The molecule has 3 aromatic rings. The van der Waals surface area contributed by atoms with E-state index in [1.165, 1.54) is 6.07 Å². The fourth-order valence-corrected chi connectivity index (χ4v) is 2.64. The van der Waals surface area contributed by atoms with Gasteiger partial charge in [-0.1, -0.05) is 30.3 Å². The van der Waals surface area contributed by atoms with Gasteiger partial charge in [-0.15, -0.1) is 10.2 Å². The lowest BCUT2D eigenvalue weighted by Gasteiger charge is -2.10. The summed E-state index contributed by atoms with van der Waals surface area (Å²) < 4.78 is 10.9. The number of ether oxygens (including phenoxy) is 1. The second-order valence-electron chi connectivity index (χ2n) is 6.25. The number of carbonyl (C=O) groups excluding carboxylic acids is 1. The Morgan fingerprint density at radius 3 is 2.66 bits per heavy atom. The van der Waals surface area contributed by atoms with Crippen molar-refractivity contribution in [3.63, 3.8) is 0 Å². The highest BCUT2D eigenvalue weighted by atomic mass is 16.6. The SMILES string of the molecule is CC(OC(=O)CCCNc1ccccc1[N+](=O)[O-])c1nnc(-c2ccccc2)o1. The first-order valence-electron chi connectivity index (χ1n) is 9.10. The summed E-state index contributed by atoms with van der Waals surface area (Å²) in [6.45, 7) is 2.05. The fourth-order valence-electron chi connectivity index (χ4n) is 2.64. The maximum absolute atomic E-state index is 12.0. The van der Waals surface area contributed by atoms with Gasteiger partial charge in [0, 0.05) is 24.6 Å². The highest BCUT2D eigenvalue weighted by Crippen LogP contribution is 2.24. The number of para-hydroxylation sites is 2. The highest BCUT2D eigenvalue weighted by molar-refractivity contribution is 5.69. The van der Waals surface area contributed by atoms with Gasteiger partial charge >= 0.3 is 5.97 Å². The van der Waals surface area contributed by atoms with Crippen molar-refractivity contribution in [3.8, 4) is 11.5 Å². The van der Waals surface area contributed by atoms with Crippen LogP contribution in [0.15, 0.2) is 59.0 Å². The third kappa shape index (κ3) is 5.38. The van der Waals surface area contributed by atoms with Crippen LogP contribution < -0.4 is 5.32 Å². The van der Waals surface area contributed by atoms with Crippen LogP contribution in [0.1, 0.15) is 31.8 Å². The third-order valence-electron chi connectivity index (χ3n) is 4.09. The van der Waals surface area contributed by atoms with E-state index in [-0.39, 0.29) is 18.0 Å². The summed E-state index contributed by atoms with van der Waals surface area (Å²) in [5, 5.41) is 21.9. The van der Waals surface area contributed by atoms with Crippen molar-refractivity contribution in [3.05, 3.63) is 70.6 Å². The average molecular weight is 396 g/mol. The molecule has 2 aromatic carbocycles. The van der Waals surface area contributed by atoms with Gasteiger partial charge in [0.15, 0.2) is 6.10 Å². The third-order valence-corrected chi connectivity index (χ3v) is 4.09. The van der Waals surface area contributed by atoms with Gasteiger partial charge in [0.2, 0.25) is 5.89 Å². The van der Waals surface area contributed by atoms with E-state index in [0.717, 1.165) is 5.56 Å². The first-order chi connectivity index (χ1) is 14.0. The molecule has 1 N–H and O–H groups in total. The molecule has 0 spiro atoms. The van der Waals surface area contributed by atoms with Gasteiger partial charge in [0.1, 0.15) is 5.69 Å². The monoisotopic (exact) mass is 396 g/mol. The number of nitro benzene ring substituents is 1. The molecule has 1 atom stereocenters. The van der Waals surface area contributed by atoms with Gasteiger partial charge in [-0.05, 0) is 31.5 Å². The maximum atomic E-state index is 12.0. The fraction of sp³-hybridized carbons (Fsp3) is 0.250. The van der Waals surface area contributed by atoms with Gasteiger partial charge in [-0.2, -0.15) is 0 Å². The Kier molecular flexibility index (Phi) is 6.51. The molecule has 0 fully saturated rings. The molecule has 0 bridgehead atoms. The normalized spacial score (nSPS) is 11.6. The number of benzene rings is 2. The Morgan fingerprint density at radius 1 is 1.17 bits per heavy atom. The number of aromatic nitrogens is 2. The number of hydrogen-bond donors (Lipinski definition) is 1. The molecule has 9 nitrogen and oxygen atoms in total. The minimum absolute atomic E-state index is 0.00527. The molecule has 0 saturated carbocycles. The number of anilines is 1. The Bertz CT molecular complexity index is 974. The first kappa shape index (κ1) is 20.0. The zero-order valence-corrected chi connectivity index (χ0v) is 15.8. The molecule has 29 heavy (non-hydrogen) atoms. The van der Waals surface area contributed by atoms with Gasteiger partial charge in [0.25, 0.3) is 11.6 Å². The molecule has 150 valence electrons. The van der Waals surface area contributed by atoms with Crippen LogP contribution in [0.3, 0.4) is 0 Å². The van der Waals surface area contributed by atoms with Crippen LogP contribution in [0.2, 0.25) is 0 Å². The molecule has 0 radical (unpaired) electrons. The molecule has 0 saturated heterocycles. The van der Waals surface area contributed by atoms with E-state index in [9.17, 15) is 14.9 Å². The second kappa shape index (κ2) is 9.45. The van der Waals surface area contributed by atoms with Crippen LogP contribution in [0.5, 0.6) is 0 Å². The Labute approximate surface area is 166 Å². The standard InChI is InChI=1S/C20H20N4O5/c1-14(19-22-23-20(29-19)15-8-3-2-4-9-15)28-18(25)12-7-13-21-16-10-5-6-11-17(16)24(26)27/h2-6,8-11,14,21H,7,12-13H2,1H3. The molecule has 9 heteroatoms. The van der Waals surface area contributed by atoms with Crippen LogP contribution in [0.25, 0.3) is 11.5 Å².